The van der Waals surface area contributed by atoms with Gasteiger partial charge in [0.25, 0.3) is 0 Å². The molecule has 17 heavy (non-hydrogen) atoms. The topological polar surface area (TPSA) is 29.1 Å². The summed E-state index contributed by atoms with van der Waals surface area (Å²) in [6.07, 6.45) is 0. The van der Waals surface area contributed by atoms with Gasteiger partial charge >= 0.3 is 0 Å². The van der Waals surface area contributed by atoms with E-state index in [9.17, 15) is 4.79 Å². The first kappa shape index (κ1) is 11.4. The summed E-state index contributed by atoms with van der Waals surface area (Å²) >= 11 is 0. The van der Waals surface area contributed by atoms with Crippen LogP contribution >= 0.6 is 0 Å². The van der Waals surface area contributed by atoms with E-state index in [4.69, 9.17) is 0 Å². The molecule has 0 spiro atoms. The molecule has 0 heterocycles. The first-order chi connectivity index (χ1) is 8.25. The number of hydrogen-bond acceptors (Lipinski definition) is 2. The fourth-order valence-corrected chi connectivity index (χ4v) is 1.48. The molecule has 1 N–H and O–H groups in total. The van der Waals surface area contributed by atoms with Crippen LogP contribution < -0.4 is 5.32 Å². The van der Waals surface area contributed by atoms with Gasteiger partial charge in [0, 0.05) is 11.3 Å². The lowest BCUT2D eigenvalue weighted by Gasteiger charge is -2.05. The molecule has 0 saturated heterocycles. The number of carbonyl (C=O) groups excluding carboxylic acids is 1. The Morgan fingerprint density at radius 3 is 2.29 bits per heavy atom. The van der Waals surface area contributed by atoms with Crippen molar-refractivity contribution < 1.29 is 4.79 Å². The molecule has 0 saturated carbocycles. The molecule has 2 rings (SSSR count). The van der Waals surface area contributed by atoms with Crippen molar-refractivity contribution in [1.82, 2.24) is 0 Å². The van der Waals surface area contributed by atoms with Gasteiger partial charge in [-0.05, 0) is 19.1 Å². The first-order valence-corrected chi connectivity index (χ1v) is 5.51. The minimum atomic E-state index is -0.0221. The number of ketones is 1. The van der Waals surface area contributed by atoms with Crippen LogP contribution in [0.2, 0.25) is 0 Å². The average Bonchev–Trinajstić information content (AvgIpc) is 2.39. The summed E-state index contributed by atoms with van der Waals surface area (Å²) in [4.78, 5) is 11.8. The van der Waals surface area contributed by atoms with Gasteiger partial charge < -0.3 is 5.32 Å². The van der Waals surface area contributed by atoms with Gasteiger partial charge in [-0.1, -0.05) is 48.0 Å². The number of anilines is 1. The van der Waals surface area contributed by atoms with E-state index in [0.29, 0.717) is 5.56 Å². The highest BCUT2D eigenvalue weighted by Gasteiger charge is 2.04. The van der Waals surface area contributed by atoms with Crippen molar-refractivity contribution in [3.05, 3.63) is 72.3 Å². The molecule has 2 aromatic carbocycles. The minimum absolute atomic E-state index is 0.0221. The molecule has 2 aromatic rings. The van der Waals surface area contributed by atoms with Gasteiger partial charge in [-0.25, -0.2) is 0 Å². The molecule has 0 bridgehead atoms. The normalized spacial score (nSPS) is 9.94. The summed E-state index contributed by atoms with van der Waals surface area (Å²) in [6, 6.07) is 17.1. The van der Waals surface area contributed by atoms with E-state index >= 15 is 0 Å². The van der Waals surface area contributed by atoms with Crippen molar-refractivity contribution in [2.45, 2.75) is 6.92 Å². The summed E-state index contributed by atoms with van der Waals surface area (Å²) in [6.45, 7) is 3.52. The molecule has 0 amide bonds. The summed E-state index contributed by atoms with van der Waals surface area (Å²) in [5, 5.41) is 3.00. The van der Waals surface area contributed by atoms with Crippen LogP contribution in [0.15, 0.2) is 54.6 Å². The second-order valence-corrected chi connectivity index (χ2v) is 3.88. The van der Waals surface area contributed by atoms with Gasteiger partial charge in [-0.15, -0.1) is 0 Å². The number of Topliss-reactive ketones (excluding diaryl/α,β-unsaturated/α-hetero) is 1. The molecule has 0 aromatic heterocycles. The Kier molecular flexibility index (Phi) is 3.55. The number of nitrogens with one attached hydrogen (secondary N) is 1. The van der Waals surface area contributed by atoms with Crippen molar-refractivity contribution >= 4 is 11.5 Å². The van der Waals surface area contributed by atoms with E-state index in [1.54, 1.807) is 12.1 Å². The van der Waals surface area contributed by atoms with Gasteiger partial charge in [0.1, 0.15) is 6.54 Å². The SMILES string of the molecule is Cc1ccc(N[CH]C(=O)c2ccccc2)cc1. The predicted molar refractivity (Wildman–Crippen MR) is 69.9 cm³/mol. The summed E-state index contributed by atoms with van der Waals surface area (Å²) in [7, 11) is 0. The third kappa shape index (κ3) is 3.18. The molecule has 0 aliphatic carbocycles. The molecule has 1 radical (unpaired) electrons. The van der Waals surface area contributed by atoms with Crippen molar-refractivity contribution in [2.24, 2.45) is 0 Å². The Balaban J connectivity index is 1.95. The van der Waals surface area contributed by atoms with Gasteiger partial charge in [0.05, 0.1) is 0 Å². The summed E-state index contributed by atoms with van der Waals surface area (Å²) in [5.74, 6) is -0.0221. The van der Waals surface area contributed by atoms with E-state index in [0.717, 1.165) is 5.69 Å². The smallest absolute Gasteiger partial charge is 0.187 e. The fraction of sp³-hybridized carbons (Fsp3) is 0.0667. The van der Waals surface area contributed by atoms with Crippen LogP contribution in [0.3, 0.4) is 0 Å². The van der Waals surface area contributed by atoms with Crippen molar-refractivity contribution in [2.75, 3.05) is 5.32 Å². The summed E-state index contributed by atoms with van der Waals surface area (Å²) < 4.78 is 0. The number of carbonyl (C=O) groups is 1. The third-order valence-electron chi connectivity index (χ3n) is 2.48. The van der Waals surface area contributed by atoms with E-state index in [-0.39, 0.29) is 5.78 Å². The zero-order valence-corrected chi connectivity index (χ0v) is 9.68. The Hall–Kier alpha value is -2.09. The molecule has 85 valence electrons. The Labute approximate surface area is 101 Å². The maximum absolute atomic E-state index is 11.8. The number of hydrogen-bond donors (Lipinski definition) is 1. The molecule has 0 fully saturated rings. The molecule has 0 aliphatic heterocycles. The summed E-state index contributed by atoms with van der Waals surface area (Å²) in [5.41, 5.74) is 2.80. The van der Waals surface area contributed by atoms with Crippen LogP contribution in [0.1, 0.15) is 15.9 Å². The second-order valence-electron chi connectivity index (χ2n) is 3.88. The van der Waals surface area contributed by atoms with E-state index in [1.165, 1.54) is 12.1 Å². The molecule has 0 atom stereocenters. The van der Waals surface area contributed by atoms with Crippen LogP contribution in [-0.4, -0.2) is 5.78 Å². The molecule has 2 nitrogen and oxygen atoms in total. The van der Waals surface area contributed by atoms with Crippen LogP contribution in [0.4, 0.5) is 5.69 Å². The van der Waals surface area contributed by atoms with Gasteiger partial charge in [0.15, 0.2) is 5.78 Å². The van der Waals surface area contributed by atoms with Crippen LogP contribution in [0.5, 0.6) is 0 Å². The molecule has 2 heteroatoms. The largest absolute Gasteiger partial charge is 0.373 e. The molecular weight excluding hydrogens is 210 g/mol. The van der Waals surface area contributed by atoms with Gasteiger partial charge in [0.2, 0.25) is 0 Å². The van der Waals surface area contributed by atoms with Crippen molar-refractivity contribution in [3.63, 3.8) is 0 Å². The minimum Gasteiger partial charge on any atom is -0.373 e. The second kappa shape index (κ2) is 5.30. The number of aryl methyl sites for hydroxylation is 1. The van der Waals surface area contributed by atoms with Crippen LogP contribution in [0, 0.1) is 13.5 Å². The van der Waals surface area contributed by atoms with Crippen molar-refractivity contribution in [3.8, 4) is 0 Å². The lowest BCUT2D eigenvalue weighted by atomic mass is 10.1. The van der Waals surface area contributed by atoms with Gasteiger partial charge in [-0.3, -0.25) is 4.79 Å². The van der Waals surface area contributed by atoms with Gasteiger partial charge in [-0.2, -0.15) is 0 Å². The number of benzene rings is 2. The highest BCUT2D eigenvalue weighted by Crippen LogP contribution is 2.10. The average molecular weight is 224 g/mol. The Bertz CT molecular complexity index is 488. The Morgan fingerprint density at radius 1 is 1.00 bits per heavy atom. The molecular formula is C15H14NO. The Morgan fingerprint density at radius 2 is 1.65 bits per heavy atom. The van der Waals surface area contributed by atoms with E-state index in [1.807, 2.05) is 49.4 Å². The standard InChI is InChI=1S/C15H14NO/c1-12-7-9-14(10-8-12)16-11-15(17)13-5-3-2-4-6-13/h2-11,16H,1H3. The first-order valence-electron chi connectivity index (χ1n) is 5.51. The van der Waals surface area contributed by atoms with E-state index in [2.05, 4.69) is 5.32 Å². The third-order valence-corrected chi connectivity index (χ3v) is 2.48. The highest BCUT2D eigenvalue weighted by molar-refractivity contribution is 6.03. The maximum atomic E-state index is 11.8. The zero-order chi connectivity index (χ0) is 12.1. The maximum Gasteiger partial charge on any atom is 0.187 e. The van der Waals surface area contributed by atoms with Crippen molar-refractivity contribution in [1.29, 1.82) is 0 Å². The van der Waals surface area contributed by atoms with Crippen LogP contribution in [-0.2, 0) is 0 Å². The number of rotatable bonds is 4. The van der Waals surface area contributed by atoms with E-state index < -0.39 is 0 Å². The monoisotopic (exact) mass is 224 g/mol. The quantitative estimate of drug-likeness (QED) is 0.806. The fourth-order valence-electron chi connectivity index (χ4n) is 1.48. The lowest BCUT2D eigenvalue weighted by Crippen LogP contribution is -2.07. The zero-order valence-electron chi connectivity index (χ0n) is 9.68. The predicted octanol–water partition coefficient (Wildman–Crippen LogP) is 3.45. The lowest BCUT2D eigenvalue weighted by molar-refractivity contribution is 0.103. The molecule has 0 aliphatic rings. The molecule has 0 unspecified atom stereocenters. The van der Waals surface area contributed by atoms with Crippen LogP contribution in [0.25, 0.3) is 0 Å². The highest BCUT2D eigenvalue weighted by atomic mass is 16.1.